The van der Waals surface area contributed by atoms with Gasteiger partial charge in [-0.15, -0.1) is 0 Å². The van der Waals surface area contributed by atoms with Gasteiger partial charge in [0, 0.05) is 10.6 Å². The molecule has 2 aliphatic rings. The van der Waals surface area contributed by atoms with Gasteiger partial charge in [0.2, 0.25) is 0 Å². The van der Waals surface area contributed by atoms with E-state index in [2.05, 4.69) is 18.2 Å². The smallest absolute Gasteiger partial charge is 0.0406 e. The van der Waals surface area contributed by atoms with Crippen molar-refractivity contribution in [1.82, 2.24) is 0 Å². The Morgan fingerprint density at radius 1 is 0.833 bits per heavy atom. The van der Waals surface area contributed by atoms with Crippen molar-refractivity contribution in [3.05, 3.63) is 46.5 Å². The summed E-state index contributed by atoms with van der Waals surface area (Å²) in [4.78, 5) is 0. The molecule has 3 rings (SSSR count). The molecule has 0 spiro atoms. The third kappa shape index (κ3) is 5.02. The number of rotatable bonds is 5. The Bertz CT molecular complexity index is 503. The van der Waals surface area contributed by atoms with Crippen molar-refractivity contribution in [2.75, 3.05) is 0 Å². The quantitative estimate of drug-likeness (QED) is 0.496. The van der Waals surface area contributed by atoms with Gasteiger partial charge >= 0.3 is 0 Å². The molecule has 0 bridgehead atoms. The van der Waals surface area contributed by atoms with Gasteiger partial charge < -0.3 is 0 Å². The molecule has 0 heterocycles. The fraction of sp³-hybridized carbons (Fsp3) is 0.636. The first kappa shape index (κ1) is 18.3. The molecule has 0 amide bonds. The molecule has 0 saturated heterocycles. The van der Waals surface area contributed by atoms with Crippen LogP contribution in [0.3, 0.4) is 0 Å². The van der Waals surface area contributed by atoms with Crippen LogP contribution in [0.5, 0.6) is 0 Å². The summed E-state index contributed by atoms with van der Waals surface area (Å²) >= 11 is 11.6. The predicted octanol–water partition coefficient (Wildman–Crippen LogP) is 7.95. The molecule has 0 N–H and O–H groups in total. The Morgan fingerprint density at radius 3 is 2.00 bits per heavy atom. The lowest BCUT2D eigenvalue weighted by Crippen LogP contribution is -2.25. The molecule has 0 aliphatic heterocycles. The van der Waals surface area contributed by atoms with Crippen LogP contribution in [0.15, 0.2) is 35.9 Å². The highest BCUT2D eigenvalue weighted by Crippen LogP contribution is 2.44. The summed E-state index contributed by atoms with van der Waals surface area (Å²) in [7, 11) is 0. The van der Waals surface area contributed by atoms with Crippen LogP contribution < -0.4 is 0 Å². The van der Waals surface area contributed by atoms with Crippen molar-refractivity contribution in [2.24, 2.45) is 17.8 Å². The van der Waals surface area contributed by atoms with Gasteiger partial charge in [-0.2, -0.15) is 0 Å². The molecule has 132 valence electrons. The molecule has 0 nitrogen and oxygen atoms in total. The molecule has 1 aromatic rings. The van der Waals surface area contributed by atoms with E-state index in [1.165, 1.54) is 63.4 Å². The fourth-order valence-electron chi connectivity index (χ4n) is 5.00. The van der Waals surface area contributed by atoms with Crippen LogP contribution in [0, 0.1) is 17.8 Å². The van der Waals surface area contributed by atoms with Gasteiger partial charge in [0.05, 0.1) is 0 Å². The SMILES string of the molecule is Cl/C=C/CC[C@H]1CC[C@H](C2CCC(c3ccc(Cl)cc3)CC2)CC1. The largest absolute Gasteiger partial charge is 0.0933 e. The molecule has 0 atom stereocenters. The highest BCUT2D eigenvalue weighted by molar-refractivity contribution is 6.30. The normalized spacial score (nSPS) is 31.4. The summed E-state index contributed by atoms with van der Waals surface area (Å²) in [5.41, 5.74) is 3.17. The number of allylic oxidation sites excluding steroid dienone is 1. The van der Waals surface area contributed by atoms with Gasteiger partial charge in [0.25, 0.3) is 0 Å². The zero-order valence-electron chi connectivity index (χ0n) is 14.6. The van der Waals surface area contributed by atoms with Crippen molar-refractivity contribution in [1.29, 1.82) is 0 Å². The minimum Gasteiger partial charge on any atom is -0.0933 e. The summed E-state index contributed by atoms with van der Waals surface area (Å²) in [6.45, 7) is 0. The number of hydrogen-bond donors (Lipinski definition) is 0. The van der Waals surface area contributed by atoms with Gasteiger partial charge in [-0.3, -0.25) is 0 Å². The lowest BCUT2D eigenvalue weighted by Gasteiger charge is -2.38. The maximum atomic E-state index is 6.02. The maximum absolute atomic E-state index is 6.02. The van der Waals surface area contributed by atoms with E-state index in [1.54, 1.807) is 5.54 Å². The van der Waals surface area contributed by atoms with E-state index in [0.717, 1.165) is 35.1 Å². The van der Waals surface area contributed by atoms with Crippen molar-refractivity contribution in [3.63, 3.8) is 0 Å². The number of hydrogen-bond acceptors (Lipinski definition) is 0. The predicted molar refractivity (Wildman–Crippen MR) is 106 cm³/mol. The van der Waals surface area contributed by atoms with E-state index >= 15 is 0 Å². The van der Waals surface area contributed by atoms with Crippen LogP contribution in [-0.2, 0) is 0 Å². The topological polar surface area (TPSA) is 0 Å². The van der Waals surface area contributed by atoms with Crippen molar-refractivity contribution >= 4 is 23.2 Å². The monoisotopic (exact) mass is 364 g/mol. The van der Waals surface area contributed by atoms with Crippen LogP contribution in [0.4, 0.5) is 0 Å². The molecular formula is C22H30Cl2. The lowest BCUT2D eigenvalue weighted by atomic mass is 9.68. The first-order chi connectivity index (χ1) is 11.8. The molecule has 0 radical (unpaired) electrons. The molecule has 2 heteroatoms. The third-order valence-corrected chi connectivity index (χ3v) is 6.93. The summed E-state index contributed by atoms with van der Waals surface area (Å²) in [5, 5.41) is 0.853. The highest BCUT2D eigenvalue weighted by Gasteiger charge is 2.31. The second-order valence-corrected chi connectivity index (χ2v) is 8.57. The molecule has 24 heavy (non-hydrogen) atoms. The zero-order valence-corrected chi connectivity index (χ0v) is 16.1. The van der Waals surface area contributed by atoms with Crippen LogP contribution >= 0.6 is 23.2 Å². The summed E-state index contributed by atoms with van der Waals surface area (Å²) in [5.74, 6) is 3.69. The summed E-state index contributed by atoms with van der Waals surface area (Å²) < 4.78 is 0. The second-order valence-electron chi connectivity index (χ2n) is 7.88. The van der Waals surface area contributed by atoms with E-state index in [0.29, 0.717) is 0 Å². The van der Waals surface area contributed by atoms with Crippen LogP contribution in [0.25, 0.3) is 0 Å². The Kier molecular flexibility index (Phi) is 7.10. The van der Waals surface area contributed by atoms with Crippen molar-refractivity contribution < 1.29 is 0 Å². The second kappa shape index (κ2) is 9.30. The van der Waals surface area contributed by atoms with Gasteiger partial charge in [-0.1, -0.05) is 54.3 Å². The van der Waals surface area contributed by atoms with E-state index in [9.17, 15) is 0 Å². The van der Waals surface area contributed by atoms with Crippen molar-refractivity contribution in [2.45, 2.75) is 70.1 Å². The van der Waals surface area contributed by atoms with E-state index in [4.69, 9.17) is 23.2 Å². The van der Waals surface area contributed by atoms with Gasteiger partial charge in [0.1, 0.15) is 0 Å². The van der Waals surface area contributed by atoms with Crippen molar-refractivity contribution in [3.8, 4) is 0 Å². The Morgan fingerprint density at radius 2 is 1.42 bits per heavy atom. The zero-order chi connectivity index (χ0) is 16.8. The molecule has 1 aromatic carbocycles. The van der Waals surface area contributed by atoms with Gasteiger partial charge in [0.15, 0.2) is 0 Å². The Hall–Kier alpha value is -0.460. The van der Waals surface area contributed by atoms with Gasteiger partial charge in [-0.25, -0.2) is 0 Å². The average molecular weight is 365 g/mol. The molecule has 0 unspecified atom stereocenters. The first-order valence-electron chi connectivity index (χ1n) is 9.77. The molecule has 2 saturated carbocycles. The standard InChI is InChI=1S/C22H30Cl2/c23-16-2-1-3-17-4-6-18(7-5-17)19-8-10-20(11-9-19)21-12-14-22(24)15-13-21/h2,12-20H,1,3-11H2/b16-2+/t17-,18-,19?,20?. The minimum absolute atomic E-state index is 0.761. The molecule has 0 aromatic heterocycles. The third-order valence-electron chi connectivity index (χ3n) is 6.50. The van der Waals surface area contributed by atoms with E-state index in [1.807, 2.05) is 12.1 Å². The maximum Gasteiger partial charge on any atom is 0.0406 e. The van der Waals surface area contributed by atoms with Crippen LogP contribution in [0.1, 0.15) is 75.7 Å². The minimum atomic E-state index is 0.761. The lowest BCUT2D eigenvalue weighted by molar-refractivity contribution is 0.157. The summed E-state index contributed by atoms with van der Waals surface area (Å²) in [6.07, 6.45) is 16.0. The summed E-state index contributed by atoms with van der Waals surface area (Å²) in [6, 6.07) is 8.55. The Labute approximate surface area is 157 Å². The number of benzene rings is 1. The van der Waals surface area contributed by atoms with Gasteiger partial charge in [-0.05, 0) is 92.7 Å². The van der Waals surface area contributed by atoms with E-state index < -0.39 is 0 Å². The fourth-order valence-corrected chi connectivity index (χ4v) is 5.25. The first-order valence-corrected chi connectivity index (χ1v) is 10.6. The number of halogens is 2. The highest BCUT2D eigenvalue weighted by atomic mass is 35.5. The van der Waals surface area contributed by atoms with E-state index in [-0.39, 0.29) is 0 Å². The Balaban J connectivity index is 1.42. The van der Waals surface area contributed by atoms with Crippen LogP contribution in [0.2, 0.25) is 5.02 Å². The molecule has 2 fully saturated rings. The average Bonchev–Trinajstić information content (AvgIpc) is 2.63. The molecular weight excluding hydrogens is 335 g/mol. The van der Waals surface area contributed by atoms with Crippen LogP contribution in [-0.4, -0.2) is 0 Å². The molecule has 2 aliphatic carbocycles.